The number of carboxylic acids is 1. The van der Waals surface area contributed by atoms with E-state index in [2.05, 4.69) is 15.9 Å². The van der Waals surface area contributed by atoms with Crippen molar-refractivity contribution in [1.29, 1.82) is 0 Å². The van der Waals surface area contributed by atoms with Crippen LogP contribution in [0.2, 0.25) is 0 Å². The number of aliphatic hydroxyl groups excluding tert-OH is 1. The number of halogens is 1. The fourth-order valence-corrected chi connectivity index (χ4v) is 6.29. The molecule has 5 rings (SSSR count). The number of ketones is 2. The van der Waals surface area contributed by atoms with Crippen LogP contribution in [0.25, 0.3) is 0 Å². The van der Waals surface area contributed by atoms with Crippen molar-refractivity contribution >= 4 is 45.3 Å². The second-order valence-electron chi connectivity index (χ2n) is 9.18. The third-order valence-electron chi connectivity index (χ3n) is 7.32. The number of amides is 2. The molecule has 4 aliphatic rings. The van der Waals surface area contributed by atoms with Crippen LogP contribution in [0.1, 0.15) is 43.1 Å². The minimum atomic E-state index is -1.00. The summed E-state index contributed by atoms with van der Waals surface area (Å²) in [5.74, 6) is -4.17. The number of aliphatic carboxylic acids is 1. The van der Waals surface area contributed by atoms with Gasteiger partial charge in [0.1, 0.15) is 18.1 Å². The number of nitrogens with zero attached hydrogens (tertiary/aromatic N) is 1. The summed E-state index contributed by atoms with van der Waals surface area (Å²) >= 11 is 3.17. The monoisotopic (exact) mass is 543 g/mol. The number of aliphatic hydroxyl groups is 1. The molecule has 2 heterocycles. The second kappa shape index (κ2) is 8.83. The second-order valence-corrected chi connectivity index (χ2v) is 10.0. The van der Waals surface area contributed by atoms with Gasteiger partial charge in [-0.3, -0.25) is 28.9 Å². The molecule has 0 aromatic carbocycles. The highest BCUT2D eigenvalue weighted by Crippen LogP contribution is 2.55. The number of rotatable bonds is 6. The fraction of sp³-hybridized carbons (Fsp3) is 0.400. The lowest BCUT2D eigenvalue weighted by Crippen LogP contribution is -2.39. The third kappa shape index (κ3) is 3.75. The van der Waals surface area contributed by atoms with Gasteiger partial charge in [-0.25, -0.2) is 0 Å². The van der Waals surface area contributed by atoms with Crippen LogP contribution in [0.5, 0.6) is 0 Å². The van der Waals surface area contributed by atoms with E-state index in [0.29, 0.717) is 29.1 Å². The molecule has 0 saturated carbocycles. The number of likely N-dealkylation sites (tertiary alicyclic amines) is 1. The van der Waals surface area contributed by atoms with Crippen molar-refractivity contribution in [3.63, 3.8) is 0 Å². The van der Waals surface area contributed by atoms with E-state index in [1.807, 2.05) is 6.08 Å². The summed E-state index contributed by atoms with van der Waals surface area (Å²) in [6.45, 7) is -0.303. The topological polar surface area (TPSA) is 142 Å². The summed E-state index contributed by atoms with van der Waals surface area (Å²) in [6.07, 6.45) is 3.56. The molecule has 1 saturated heterocycles. The highest BCUT2D eigenvalue weighted by molar-refractivity contribution is 9.12. The highest BCUT2D eigenvalue weighted by atomic mass is 79.9. The summed E-state index contributed by atoms with van der Waals surface area (Å²) in [5, 5.41) is 18.4. The van der Waals surface area contributed by atoms with Crippen molar-refractivity contribution in [3.05, 3.63) is 57.0 Å². The summed E-state index contributed by atoms with van der Waals surface area (Å²) in [4.78, 5) is 64.7. The van der Waals surface area contributed by atoms with Gasteiger partial charge in [0.05, 0.1) is 22.2 Å². The Morgan fingerprint density at radius 2 is 1.91 bits per heavy atom. The van der Waals surface area contributed by atoms with E-state index in [9.17, 15) is 29.1 Å². The minimum Gasteiger partial charge on any atom is -0.481 e. The number of furan rings is 1. The maximum atomic E-state index is 13.4. The van der Waals surface area contributed by atoms with Crippen LogP contribution in [-0.4, -0.2) is 51.0 Å². The Morgan fingerprint density at radius 1 is 1.14 bits per heavy atom. The molecule has 0 radical (unpaired) electrons. The molecule has 2 amide bonds. The molecule has 182 valence electrons. The molecule has 4 atom stereocenters. The Morgan fingerprint density at radius 3 is 2.60 bits per heavy atom. The quantitative estimate of drug-likeness (QED) is 0.316. The van der Waals surface area contributed by atoms with Gasteiger partial charge in [0.15, 0.2) is 11.6 Å². The summed E-state index contributed by atoms with van der Waals surface area (Å²) in [7, 11) is 0. The summed E-state index contributed by atoms with van der Waals surface area (Å²) < 4.78 is 5.94. The van der Waals surface area contributed by atoms with Crippen LogP contribution in [0.3, 0.4) is 0 Å². The predicted octanol–water partition coefficient (Wildman–Crippen LogP) is 2.40. The molecule has 0 spiro atoms. The number of carboxylic acid groups (broad SMARTS) is 1. The van der Waals surface area contributed by atoms with Crippen molar-refractivity contribution in [1.82, 2.24) is 4.90 Å². The molecule has 0 bridgehead atoms. The average Bonchev–Trinajstić information content (AvgIpc) is 3.39. The maximum Gasteiger partial charge on any atom is 0.303 e. The number of Topliss-reactive ketones (excluding diaryl/α,β-unsaturated/α-hetero) is 1. The van der Waals surface area contributed by atoms with Crippen LogP contribution >= 0.6 is 15.9 Å². The third-order valence-corrected chi connectivity index (χ3v) is 7.91. The van der Waals surface area contributed by atoms with Crippen molar-refractivity contribution in [3.8, 4) is 0 Å². The molecular weight excluding hydrogens is 522 g/mol. The molecule has 1 aliphatic heterocycles. The first-order valence-corrected chi connectivity index (χ1v) is 12.2. The number of carbonyl (C=O) groups is 5. The van der Waals surface area contributed by atoms with Crippen molar-refractivity contribution < 1.29 is 38.6 Å². The highest BCUT2D eigenvalue weighted by Gasteiger charge is 2.56. The van der Waals surface area contributed by atoms with E-state index in [1.54, 1.807) is 12.1 Å². The molecular formula is C25H22BrNO8. The molecule has 1 aromatic rings. The van der Waals surface area contributed by atoms with Gasteiger partial charge in [-0.15, -0.1) is 0 Å². The molecule has 2 N–H and O–H groups in total. The van der Waals surface area contributed by atoms with Gasteiger partial charge in [-0.2, -0.15) is 0 Å². The van der Waals surface area contributed by atoms with Gasteiger partial charge < -0.3 is 14.6 Å². The van der Waals surface area contributed by atoms with Gasteiger partial charge in [0.2, 0.25) is 11.8 Å². The van der Waals surface area contributed by atoms with E-state index in [1.165, 1.54) is 6.08 Å². The fourth-order valence-electron chi connectivity index (χ4n) is 5.84. The Labute approximate surface area is 208 Å². The lowest BCUT2D eigenvalue weighted by atomic mass is 9.60. The van der Waals surface area contributed by atoms with E-state index < -0.39 is 29.6 Å². The van der Waals surface area contributed by atoms with E-state index >= 15 is 0 Å². The minimum absolute atomic E-state index is 0.0279. The largest absolute Gasteiger partial charge is 0.481 e. The van der Waals surface area contributed by atoms with Crippen LogP contribution in [0.4, 0.5) is 0 Å². The zero-order valence-electron chi connectivity index (χ0n) is 18.5. The van der Waals surface area contributed by atoms with Gasteiger partial charge in [-0.1, -0.05) is 11.6 Å². The SMILES string of the molecule is O=C(O)CCCN1C(=O)C2CC=C3C(c4ccc(CO)o4)C4=C(CC3C2C1=O)C(=O)C(Br)=CC4=O. The van der Waals surface area contributed by atoms with E-state index in [0.717, 1.165) is 10.5 Å². The normalized spacial score (nSPS) is 28.0. The number of allylic oxidation sites excluding steroid dienone is 6. The lowest BCUT2D eigenvalue weighted by Gasteiger charge is -2.41. The van der Waals surface area contributed by atoms with Gasteiger partial charge in [0.25, 0.3) is 0 Å². The summed E-state index contributed by atoms with van der Waals surface area (Å²) in [6, 6.07) is 3.25. The van der Waals surface area contributed by atoms with Gasteiger partial charge in [-0.05, 0) is 53.2 Å². The zero-order chi connectivity index (χ0) is 25.0. The molecule has 1 aromatic heterocycles. The van der Waals surface area contributed by atoms with Crippen molar-refractivity contribution in [2.45, 2.75) is 38.2 Å². The first-order valence-electron chi connectivity index (χ1n) is 11.4. The Hall–Kier alpha value is -3.11. The van der Waals surface area contributed by atoms with Crippen LogP contribution in [0, 0.1) is 17.8 Å². The predicted molar refractivity (Wildman–Crippen MR) is 123 cm³/mol. The molecule has 9 nitrogen and oxygen atoms in total. The Balaban J connectivity index is 1.56. The number of imide groups is 1. The average molecular weight is 544 g/mol. The van der Waals surface area contributed by atoms with E-state index in [4.69, 9.17) is 9.52 Å². The molecule has 10 heteroatoms. The Bertz CT molecular complexity index is 1270. The molecule has 1 fully saturated rings. The smallest absolute Gasteiger partial charge is 0.303 e. The van der Waals surface area contributed by atoms with Crippen LogP contribution in [0.15, 0.2) is 49.9 Å². The van der Waals surface area contributed by atoms with Crippen LogP contribution in [-0.2, 0) is 30.6 Å². The number of hydrogen-bond donors (Lipinski definition) is 2. The summed E-state index contributed by atoms with van der Waals surface area (Å²) in [5.41, 5.74) is 1.35. The van der Waals surface area contributed by atoms with Crippen molar-refractivity contribution in [2.24, 2.45) is 17.8 Å². The number of hydrogen-bond acceptors (Lipinski definition) is 7. The molecule has 4 unspecified atom stereocenters. The molecule has 35 heavy (non-hydrogen) atoms. The zero-order valence-corrected chi connectivity index (χ0v) is 20.1. The van der Waals surface area contributed by atoms with Crippen molar-refractivity contribution in [2.75, 3.05) is 6.54 Å². The molecule has 3 aliphatic carbocycles. The van der Waals surface area contributed by atoms with Gasteiger partial charge >= 0.3 is 5.97 Å². The number of carbonyl (C=O) groups excluding carboxylic acids is 4. The van der Waals surface area contributed by atoms with Crippen LogP contribution < -0.4 is 0 Å². The van der Waals surface area contributed by atoms with E-state index in [-0.39, 0.29) is 60.3 Å². The lowest BCUT2D eigenvalue weighted by molar-refractivity contribution is -0.142. The first kappa shape index (κ1) is 23.6. The maximum absolute atomic E-state index is 13.4. The Kier molecular flexibility index (Phi) is 5.96. The van der Waals surface area contributed by atoms with Gasteiger partial charge in [0, 0.05) is 30.2 Å². The standard InChI is InChI=1S/C25H22BrNO8/c26-16-9-17(29)21-15(23(16)32)8-14-12(22(21)18-6-3-11(10-28)35-18)4-5-13-20(14)25(34)27(24(13)33)7-1-2-19(30)31/h3-4,6,9,13-14,20,22,28H,1-2,5,7-8,10H2,(H,30,31). The first-order chi connectivity index (χ1) is 16.7. The number of fused-ring (bicyclic) bond motifs is 3.